The molecule has 3 nitrogen and oxygen atoms in total. The number of carbonyl (C=O) groups excluding carboxylic acids is 1. The first-order valence-corrected chi connectivity index (χ1v) is 6.52. The van der Waals surface area contributed by atoms with Crippen LogP contribution in [0.2, 0.25) is 0 Å². The molecular formula is C16H16F2N2O. The smallest absolute Gasteiger partial charge is 0.243 e. The molecule has 5 heteroatoms. The Morgan fingerprint density at radius 1 is 1.05 bits per heavy atom. The molecule has 2 aromatic carbocycles. The van der Waals surface area contributed by atoms with Crippen LogP contribution in [0.3, 0.4) is 0 Å². The van der Waals surface area contributed by atoms with E-state index in [1.807, 2.05) is 32.0 Å². The fourth-order valence-electron chi connectivity index (χ4n) is 1.87. The normalized spacial score (nSPS) is 10.3. The molecule has 0 aliphatic carbocycles. The fraction of sp³-hybridized carbons (Fsp3) is 0.188. The van der Waals surface area contributed by atoms with E-state index in [9.17, 15) is 13.6 Å². The minimum Gasteiger partial charge on any atom is -0.374 e. The molecule has 0 unspecified atom stereocenters. The van der Waals surface area contributed by atoms with Crippen molar-refractivity contribution in [3.63, 3.8) is 0 Å². The molecule has 0 saturated carbocycles. The van der Waals surface area contributed by atoms with Gasteiger partial charge in [0.2, 0.25) is 5.91 Å². The predicted molar refractivity (Wildman–Crippen MR) is 79.4 cm³/mol. The Hall–Kier alpha value is -2.43. The largest absolute Gasteiger partial charge is 0.374 e. The number of amides is 1. The zero-order valence-corrected chi connectivity index (χ0v) is 11.8. The van der Waals surface area contributed by atoms with Gasteiger partial charge in [-0.15, -0.1) is 0 Å². The van der Waals surface area contributed by atoms with Crippen LogP contribution in [0.5, 0.6) is 0 Å². The topological polar surface area (TPSA) is 41.1 Å². The minimum atomic E-state index is -0.601. The molecule has 0 aromatic heterocycles. The van der Waals surface area contributed by atoms with Gasteiger partial charge >= 0.3 is 0 Å². The third-order valence-electron chi connectivity index (χ3n) is 3.03. The zero-order chi connectivity index (χ0) is 15.4. The maximum atomic E-state index is 13.4. The molecule has 0 heterocycles. The summed E-state index contributed by atoms with van der Waals surface area (Å²) < 4.78 is 26.4. The first-order valence-electron chi connectivity index (χ1n) is 6.52. The standard InChI is InChI=1S/C16H16F2N2O/c1-10-3-4-11(2)14(7-10)20-16(21)9-19-15-8-12(17)5-6-13(15)18/h3-8,19H,9H2,1-2H3,(H,20,21). The van der Waals surface area contributed by atoms with Crippen LogP contribution in [0.1, 0.15) is 11.1 Å². The lowest BCUT2D eigenvalue weighted by Crippen LogP contribution is -2.22. The monoisotopic (exact) mass is 290 g/mol. The first-order chi connectivity index (χ1) is 9.95. The Bertz CT molecular complexity index is 671. The number of benzene rings is 2. The highest BCUT2D eigenvalue weighted by molar-refractivity contribution is 5.94. The number of halogens is 2. The minimum absolute atomic E-state index is 0.0360. The molecule has 0 aliphatic rings. The van der Waals surface area contributed by atoms with Crippen molar-refractivity contribution in [3.8, 4) is 0 Å². The fourth-order valence-corrected chi connectivity index (χ4v) is 1.87. The molecule has 0 radical (unpaired) electrons. The van der Waals surface area contributed by atoms with Gasteiger partial charge in [-0.3, -0.25) is 4.79 Å². The molecule has 110 valence electrons. The van der Waals surface area contributed by atoms with E-state index < -0.39 is 11.6 Å². The van der Waals surface area contributed by atoms with Crippen LogP contribution in [0.25, 0.3) is 0 Å². The molecule has 2 N–H and O–H groups in total. The first kappa shape index (κ1) is 15.0. The Morgan fingerprint density at radius 2 is 1.81 bits per heavy atom. The van der Waals surface area contributed by atoms with Crippen molar-refractivity contribution in [1.82, 2.24) is 0 Å². The van der Waals surface area contributed by atoms with Crippen molar-refractivity contribution < 1.29 is 13.6 Å². The van der Waals surface area contributed by atoms with Gasteiger partial charge in [-0.25, -0.2) is 8.78 Å². The number of hydrogen-bond donors (Lipinski definition) is 2. The number of hydrogen-bond acceptors (Lipinski definition) is 2. The van der Waals surface area contributed by atoms with E-state index in [4.69, 9.17) is 0 Å². The third-order valence-corrected chi connectivity index (χ3v) is 3.03. The average Bonchev–Trinajstić information content (AvgIpc) is 2.44. The van der Waals surface area contributed by atoms with Gasteiger partial charge in [-0.2, -0.15) is 0 Å². The second-order valence-electron chi connectivity index (χ2n) is 4.84. The maximum Gasteiger partial charge on any atom is 0.243 e. The van der Waals surface area contributed by atoms with E-state index in [1.54, 1.807) is 0 Å². The highest BCUT2D eigenvalue weighted by atomic mass is 19.1. The summed E-state index contributed by atoms with van der Waals surface area (Å²) in [5.41, 5.74) is 2.64. The average molecular weight is 290 g/mol. The van der Waals surface area contributed by atoms with E-state index in [0.717, 1.165) is 29.3 Å². The van der Waals surface area contributed by atoms with Gasteiger partial charge in [-0.1, -0.05) is 12.1 Å². The summed E-state index contributed by atoms with van der Waals surface area (Å²) in [5.74, 6) is -1.49. The van der Waals surface area contributed by atoms with Crippen LogP contribution in [-0.2, 0) is 4.79 Å². The molecule has 0 aliphatic heterocycles. The van der Waals surface area contributed by atoms with E-state index in [1.165, 1.54) is 0 Å². The second kappa shape index (κ2) is 6.35. The molecule has 2 aromatic rings. The summed E-state index contributed by atoms with van der Waals surface area (Å²) in [6, 6.07) is 8.77. The van der Waals surface area contributed by atoms with Crippen LogP contribution in [-0.4, -0.2) is 12.5 Å². The van der Waals surface area contributed by atoms with E-state index in [2.05, 4.69) is 10.6 Å². The van der Waals surface area contributed by atoms with Crippen molar-refractivity contribution in [2.45, 2.75) is 13.8 Å². The summed E-state index contributed by atoms with van der Waals surface area (Å²) in [5, 5.41) is 5.32. The van der Waals surface area contributed by atoms with Crippen LogP contribution >= 0.6 is 0 Å². The van der Waals surface area contributed by atoms with E-state index >= 15 is 0 Å². The van der Waals surface area contributed by atoms with Gasteiger partial charge in [0.1, 0.15) is 11.6 Å². The van der Waals surface area contributed by atoms with E-state index in [-0.39, 0.29) is 18.1 Å². The van der Waals surface area contributed by atoms with Gasteiger partial charge < -0.3 is 10.6 Å². The predicted octanol–water partition coefficient (Wildman–Crippen LogP) is 3.63. The molecule has 2 rings (SSSR count). The van der Waals surface area contributed by atoms with Gasteiger partial charge in [-0.05, 0) is 49.2 Å². The van der Waals surface area contributed by atoms with Crippen molar-refractivity contribution in [2.75, 3.05) is 17.2 Å². The molecule has 0 atom stereocenters. The van der Waals surface area contributed by atoms with Gasteiger partial charge in [0, 0.05) is 5.69 Å². The Morgan fingerprint density at radius 3 is 2.57 bits per heavy atom. The quantitative estimate of drug-likeness (QED) is 0.902. The number of carbonyl (C=O) groups is 1. The lowest BCUT2D eigenvalue weighted by Gasteiger charge is -2.11. The third kappa shape index (κ3) is 4.02. The molecule has 0 fully saturated rings. The van der Waals surface area contributed by atoms with Crippen LogP contribution in [0, 0.1) is 25.5 Å². The Labute approximate surface area is 122 Å². The van der Waals surface area contributed by atoms with Crippen LogP contribution in [0.15, 0.2) is 36.4 Å². The highest BCUT2D eigenvalue weighted by Crippen LogP contribution is 2.17. The Balaban J connectivity index is 1.99. The maximum absolute atomic E-state index is 13.4. The van der Waals surface area contributed by atoms with E-state index in [0.29, 0.717) is 5.69 Å². The van der Waals surface area contributed by atoms with Gasteiger partial charge in [0.05, 0.1) is 12.2 Å². The van der Waals surface area contributed by atoms with Crippen LogP contribution in [0.4, 0.5) is 20.2 Å². The summed E-state index contributed by atoms with van der Waals surface area (Å²) in [4.78, 5) is 11.9. The summed E-state index contributed by atoms with van der Waals surface area (Å²) in [6.07, 6.45) is 0. The number of aryl methyl sites for hydroxylation is 2. The van der Waals surface area contributed by atoms with Crippen molar-refractivity contribution in [1.29, 1.82) is 0 Å². The lowest BCUT2D eigenvalue weighted by molar-refractivity contribution is -0.114. The van der Waals surface area contributed by atoms with Gasteiger partial charge in [0.15, 0.2) is 0 Å². The Kier molecular flexibility index (Phi) is 4.52. The van der Waals surface area contributed by atoms with Crippen LogP contribution < -0.4 is 10.6 Å². The number of anilines is 2. The van der Waals surface area contributed by atoms with Gasteiger partial charge in [0.25, 0.3) is 0 Å². The summed E-state index contributed by atoms with van der Waals surface area (Å²) in [7, 11) is 0. The summed E-state index contributed by atoms with van der Waals surface area (Å²) in [6.45, 7) is 3.66. The van der Waals surface area contributed by atoms with Crippen molar-refractivity contribution in [3.05, 3.63) is 59.2 Å². The highest BCUT2D eigenvalue weighted by Gasteiger charge is 2.08. The zero-order valence-electron chi connectivity index (χ0n) is 11.8. The van der Waals surface area contributed by atoms with Crippen molar-refractivity contribution >= 4 is 17.3 Å². The second-order valence-corrected chi connectivity index (χ2v) is 4.84. The number of nitrogens with one attached hydrogen (secondary N) is 2. The molecular weight excluding hydrogens is 274 g/mol. The molecule has 0 bridgehead atoms. The molecule has 0 saturated heterocycles. The molecule has 0 spiro atoms. The number of rotatable bonds is 4. The summed E-state index contributed by atoms with van der Waals surface area (Å²) >= 11 is 0. The molecule has 21 heavy (non-hydrogen) atoms. The SMILES string of the molecule is Cc1ccc(C)c(NC(=O)CNc2cc(F)ccc2F)c1. The lowest BCUT2D eigenvalue weighted by atomic mass is 10.1. The van der Waals surface area contributed by atoms with Crippen molar-refractivity contribution in [2.24, 2.45) is 0 Å². The molecule has 1 amide bonds.